The molecule has 6 heteroatoms. The van der Waals surface area contributed by atoms with Crippen molar-refractivity contribution in [1.82, 2.24) is 15.1 Å². The van der Waals surface area contributed by atoms with Gasteiger partial charge in [0.25, 0.3) is 0 Å². The third kappa shape index (κ3) is 7.78. The maximum absolute atomic E-state index is 5.73. The molecule has 2 unspecified atom stereocenters. The van der Waals surface area contributed by atoms with Gasteiger partial charge in [0.05, 0.1) is 26.4 Å². The highest BCUT2D eigenvalue weighted by Crippen LogP contribution is 2.20. The number of ether oxygens (including phenoxy) is 2. The van der Waals surface area contributed by atoms with E-state index in [9.17, 15) is 0 Å². The van der Waals surface area contributed by atoms with E-state index in [2.05, 4.69) is 53.2 Å². The normalized spacial score (nSPS) is 22.8. The van der Waals surface area contributed by atoms with E-state index in [1.165, 1.54) is 36.9 Å². The summed E-state index contributed by atoms with van der Waals surface area (Å²) in [4.78, 5) is 9.92. The average Bonchev–Trinajstić information content (AvgIpc) is 3.25. The third-order valence-corrected chi connectivity index (χ3v) is 6.47. The van der Waals surface area contributed by atoms with Gasteiger partial charge in [-0.3, -0.25) is 4.90 Å². The molecule has 0 aliphatic carbocycles. The number of benzene rings is 1. The standard InChI is InChI=1S/C25H42N4O2/c1-4-26-25(29-14-12-24(19-29)20-31-16-15-30-3)27-17-22-8-10-23(11-9-22)18-28-13-6-5-7-21(28)2/h8-11,21,24H,4-7,12-20H2,1-3H3,(H,26,27). The van der Waals surface area contributed by atoms with Crippen molar-refractivity contribution in [3.8, 4) is 0 Å². The first-order valence-corrected chi connectivity index (χ1v) is 12.1. The molecule has 2 aliphatic rings. The summed E-state index contributed by atoms with van der Waals surface area (Å²) in [5.74, 6) is 1.59. The molecule has 2 atom stereocenters. The Labute approximate surface area is 189 Å². The summed E-state index contributed by atoms with van der Waals surface area (Å²) in [6.07, 6.45) is 5.19. The largest absolute Gasteiger partial charge is 0.382 e. The van der Waals surface area contributed by atoms with Crippen molar-refractivity contribution in [2.75, 3.05) is 53.1 Å². The van der Waals surface area contributed by atoms with Gasteiger partial charge in [-0.15, -0.1) is 0 Å². The Morgan fingerprint density at radius 3 is 2.65 bits per heavy atom. The van der Waals surface area contributed by atoms with Crippen LogP contribution in [0.3, 0.4) is 0 Å². The molecule has 0 bridgehead atoms. The van der Waals surface area contributed by atoms with E-state index in [1.54, 1.807) is 7.11 Å². The minimum Gasteiger partial charge on any atom is -0.382 e. The quantitative estimate of drug-likeness (QED) is 0.350. The molecule has 31 heavy (non-hydrogen) atoms. The predicted octanol–water partition coefficient (Wildman–Crippen LogP) is 3.51. The van der Waals surface area contributed by atoms with Gasteiger partial charge in [-0.2, -0.15) is 0 Å². The van der Waals surface area contributed by atoms with E-state index in [4.69, 9.17) is 14.5 Å². The highest BCUT2D eigenvalue weighted by Gasteiger charge is 2.25. The van der Waals surface area contributed by atoms with Crippen LogP contribution >= 0.6 is 0 Å². The molecule has 0 radical (unpaired) electrons. The Bertz CT molecular complexity index is 664. The van der Waals surface area contributed by atoms with Gasteiger partial charge in [0, 0.05) is 45.2 Å². The maximum Gasteiger partial charge on any atom is 0.194 e. The average molecular weight is 431 g/mol. The van der Waals surface area contributed by atoms with Crippen LogP contribution in [0.2, 0.25) is 0 Å². The van der Waals surface area contributed by atoms with Gasteiger partial charge in [0.2, 0.25) is 0 Å². The van der Waals surface area contributed by atoms with Crippen LogP contribution in [0.4, 0.5) is 0 Å². The number of nitrogens with zero attached hydrogens (tertiary/aromatic N) is 3. The summed E-state index contributed by atoms with van der Waals surface area (Å²) in [6, 6.07) is 9.75. The lowest BCUT2D eigenvalue weighted by atomic mass is 10.0. The molecular weight excluding hydrogens is 388 g/mol. The van der Waals surface area contributed by atoms with E-state index in [1.807, 2.05) is 0 Å². The van der Waals surface area contributed by atoms with Gasteiger partial charge in [-0.25, -0.2) is 4.99 Å². The highest BCUT2D eigenvalue weighted by atomic mass is 16.5. The molecule has 0 amide bonds. The second-order valence-corrected chi connectivity index (χ2v) is 8.97. The number of piperidine rings is 1. The van der Waals surface area contributed by atoms with Crippen LogP contribution in [0, 0.1) is 5.92 Å². The summed E-state index contributed by atoms with van der Waals surface area (Å²) in [5.41, 5.74) is 2.67. The second-order valence-electron chi connectivity index (χ2n) is 8.97. The van der Waals surface area contributed by atoms with Crippen LogP contribution in [0.5, 0.6) is 0 Å². The lowest BCUT2D eigenvalue weighted by Crippen LogP contribution is -2.40. The van der Waals surface area contributed by atoms with Crippen LogP contribution in [0.1, 0.15) is 50.7 Å². The fourth-order valence-corrected chi connectivity index (χ4v) is 4.52. The minimum absolute atomic E-state index is 0.567. The first kappa shape index (κ1) is 24.0. The second kappa shape index (κ2) is 13.0. The number of nitrogens with one attached hydrogen (secondary N) is 1. The van der Waals surface area contributed by atoms with Crippen LogP contribution in [0.25, 0.3) is 0 Å². The van der Waals surface area contributed by atoms with E-state index in [0.717, 1.165) is 45.2 Å². The number of hydrogen-bond acceptors (Lipinski definition) is 4. The summed E-state index contributed by atoms with van der Waals surface area (Å²) in [7, 11) is 1.71. The zero-order chi connectivity index (χ0) is 21.9. The number of hydrogen-bond donors (Lipinski definition) is 1. The number of methoxy groups -OCH3 is 1. The van der Waals surface area contributed by atoms with Crippen LogP contribution in [-0.2, 0) is 22.6 Å². The Hall–Kier alpha value is -1.63. The zero-order valence-electron chi connectivity index (χ0n) is 19.8. The predicted molar refractivity (Wildman–Crippen MR) is 127 cm³/mol. The van der Waals surface area contributed by atoms with Gasteiger partial charge in [0.15, 0.2) is 5.96 Å². The van der Waals surface area contributed by atoms with Crippen molar-refractivity contribution < 1.29 is 9.47 Å². The number of rotatable bonds is 10. The molecular formula is C25H42N4O2. The zero-order valence-corrected chi connectivity index (χ0v) is 19.8. The van der Waals surface area contributed by atoms with Gasteiger partial charge in [-0.05, 0) is 50.8 Å². The van der Waals surface area contributed by atoms with Gasteiger partial charge < -0.3 is 19.7 Å². The Morgan fingerprint density at radius 1 is 1.10 bits per heavy atom. The maximum atomic E-state index is 5.73. The van der Waals surface area contributed by atoms with Crippen molar-refractivity contribution in [3.63, 3.8) is 0 Å². The Morgan fingerprint density at radius 2 is 1.90 bits per heavy atom. The first-order chi connectivity index (χ1) is 15.2. The van der Waals surface area contributed by atoms with Gasteiger partial charge >= 0.3 is 0 Å². The highest BCUT2D eigenvalue weighted by molar-refractivity contribution is 5.80. The van der Waals surface area contributed by atoms with Gasteiger partial charge in [0.1, 0.15) is 0 Å². The summed E-state index contributed by atoms with van der Waals surface area (Å²) in [5, 5.41) is 3.47. The van der Waals surface area contributed by atoms with Crippen molar-refractivity contribution in [2.45, 2.75) is 58.7 Å². The van der Waals surface area contributed by atoms with Crippen molar-refractivity contribution in [3.05, 3.63) is 35.4 Å². The first-order valence-electron chi connectivity index (χ1n) is 12.1. The summed E-state index contributed by atoms with van der Waals surface area (Å²) < 4.78 is 10.8. The minimum atomic E-state index is 0.567. The smallest absolute Gasteiger partial charge is 0.194 e. The Balaban J connectivity index is 1.49. The Kier molecular flexibility index (Phi) is 10.1. The monoisotopic (exact) mass is 430 g/mol. The molecule has 1 N–H and O–H groups in total. The lowest BCUT2D eigenvalue weighted by Gasteiger charge is -2.33. The van der Waals surface area contributed by atoms with Crippen LogP contribution in [0.15, 0.2) is 29.3 Å². The third-order valence-electron chi connectivity index (χ3n) is 6.47. The number of guanidine groups is 1. The molecule has 2 fully saturated rings. The van der Waals surface area contributed by atoms with Gasteiger partial charge in [-0.1, -0.05) is 30.7 Å². The molecule has 2 heterocycles. The summed E-state index contributed by atoms with van der Waals surface area (Å²) in [6.45, 7) is 12.6. The lowest BCUT2D eigenvalue weighted by molar-refractivity contribution is 0.0536. The van der Waals surface area contributed by atoms with Crippen molar-refractivity contribution in [1.29, 1.82) is 0 Å². The molecule has 2 aliphatic heterocycles. The molecule has 1 aromatic carbocycles. The van der Waals surface area contributed by atoms with Crippen LogP contribution < -0.4 is 5.32 Å². The van der Waals surface area contributed by atoms with E-state index >= 15 is 0 Å². The van der Waals surface area contributed by atoms with Crippen molar-refractivity contribution in [2.24, 2.45) is 10.9 Å². The topological polar surface area (TPSA) is 49.3 Å². The summed E-state index contributed by atoms with van der Waals surface area (Å²) >= 11 is 0. The molecule has 0 aromatic heterocycles. The molecule has 6 nitrogen and oxygen atoms in total. The van der Waals surface area contributed by atoms with E-state index in [0.29, 0.717) is 31.7 Å². The molecule has 174 valence electrons. The SMILES string of the molecule is CCNC(=NCc1ccc(CN2CCCCC2C)cc1)N1CCC(COCCOC)C1. The molecule has 3 rings (SSSR count). The molecule has 0 saturated carbocycles. The van der Waals surface area contributed by atoms with Crippen molar-refractivity contribution >= 4 is 5.96 Å². The van der Waals surface area contributed by atoms with E-state index < -0.39 is 0 Å². The van der Waals surface area contributed by atoms with Crippen LogP contribution in [-0.4, -0.2) is 74.9 Å². The fraction of sp³-hybridized carbons (Fsp3) is 0.720. The molecule has 0 spiro atoms. The molecule has 1 aromatic rings. The van der Waals surface area contributed by atoms with E-state index in [-0.39, 0.29) is 0 Å². The number of likely N-dealkylation sites (tertiary alicyclic amines) is 2. The molecule has 2 saturated heterocycles. The number of aliphatic imine (C=N–C) groups is 1. The fourth-order valence-electron chi connectivity index (χ4n) is 4.52.